The van der Waals surface area contributed by atoms with Gasteiger partial charge in [0.2, 0.25) is 0 Å². The average Bonchev–Trinajstić information content (AvgIpc) is 3.18. The number of hydrogen-bond donors (Lipinski definition) is 1. The highest BCUT2D eigenvalue weighted by molar-refractivity contribution is 5.81. The summed E-state index contributed by atoms with van der Waals surface area (Å²) in [4.78, 5) is 2.36. The molecule has 3 heteroatoms. The van der Waals surface area contributed by atoms with E-state index in [2.05, 4.69) is 134 Å². The lowest BCUT2D eigenvalue weighted by atomic mass is 9.93. The highest BCUT2D eigenvalue weighted by Gasteiger charge is 2.27. The molecule has 0 fully saturated rings. The van der Waals surface area contributed by atoms with Crippen LogP contribution in [0.25, 0.3) is 0 Å². The van der Waals surface area contributed by atoms with Crippen molar-refractivity contribution in [1.82, 2.24) is 0 Å². The largest absolute Gasteiger partial charge is 0.453 e. The number of rotatable bonds is 7. The molecule has 1 heterocycles. The lowest BCUT2D eigenvalue weighted by molar-refractivity contribution is 0.475. The van der Waals surface area contributed by atoms with Crippen molar-refractivity contribution in [2.45, 2.75) is 59.4 Å². The molecular formula is C49H50N2O. The fourth-order valence-electron chi connectivity index (χ4n) is 6.70. The molecule has 262 valence electrons. The van der Waals surface area contributed by atoms with Gasteiger partial charge in [-0.15, -0.1) is 0 Å². The summed E-state index contributed by atoms with van der Waals surface area (Å²) in [5.74, 6) is 1.82. The lowest BCUT2D eigenvalue weighted by Crippen LogP contribution is -2.21. The first-order chi connectivity index (χ1) is 25.5. The van der Waals surface area contributed by atoms with Gasteiger partial charge in [0.25, 0.3) is 0 Å². The van der Waals surface area contributed by atoms with E-state index in [1.165, 1.54) is 44.8 Å². The Kier molecular flexibility index (Phi) is 12.1. The Bertz CT molecular complexity index is 2070. The number of ether oxygens (including phenoxy) is 1. The number of benzene rings is 5. The summed E-state index contributed by atoms with van der Waals surface area (Å²) >= 11 is 0. The second kappa shape index (κ2) is 17.4. The van der Waals surface area contributed by atoms with Gasteiger partial charge in [0.15, 0.2) is 11.5 Å². The van der Waals surface area contributed by atoms with Crippen molar-refractivity contribution in [3.05, 3.63) is 209 Å². The molecule has 0 saturated heterocycles. The van der Waals surface area contributed by atoms with Crippen molar-refractivity contribution in [3.8, 4) is 11.5 Å². The lowest BCUT2D eigenvalue weighted by Gasteiger charge is -2.35. The predicted octanol–water partition coefficient (Wildman–Crippen LogP) is 13.2. The normalized spacial score (nSPS) is 15.3. The first-order valence-electron chi connectivity index (χ1n) is 18.5. The molecule has 0 saturated carbocycles. The van der Waals surface area contributed by atoms with Gasteiger partial charge in [-0.3, -0.25) is 0 Å². The van der Waals surface area contributed by atoms with Crippen LogP contribution in [-0.2, 0) is 12.8 Å². The molecule has 1 aliphatic heterocycles. The van der Waals surface area contributed by atoms with Gasteiger partial charge in [-0.05, 0) is 104 Å². The molecule has 0 aromatic heterocycles. The maximum absolute atomic E-state index is 6.17. The molecule has 2 aliphatic carbocycles. The summed E-state index contributed by atoms with van der Waals surface area (Å²) in [6, 6.07) is 43.0. The fraction of sp³-hybridized carbons (Fsp3) is 0.184. The summed E-state index contributed by atoms with van der Waals surface area (Å²) in [6.45, 7) is 12.3. The van der Waals surface area contributed by atoms with Crippen LogP contribution in [0.15, 0.2) is 181 Å². The van der Waals surface area contributed by atoms with Gasteiger partial charge in [0.05, 0.1) is 17.4 Å². The fourth-order valence-corrected chi connectivity index (χ4v) is 6.70. The molecule has 0 spiro atoms. The van der Waals surface area contributed by atoms with Crippen molar-refractivity contribution >= 4 is 17.1 Å². The second-order valence-corrected chi connectivity index (χ2v) is 13.3. The first-order valence-corrected chi connectivity index (χ1v) is 18.5. The molecule has 0 amide bonds. The first kappa shape index (κ1) is 36.0. The second-order valence-electron chi connectivity index (χ2n) is 13.3. The summed E-state index contributed by atoms with van der Waals surface area (Å²) in [7, 11) is 0. The molecule has 3 aliphatic rings. The number of para-hydroxylation sites is 5. The number of aryl methyl sites for hydroxylation is 2. The third kappa shape index (κ3) is 8.91. The Balaban J connectivity index is 0.000000228. The minimum Gasteiger partial charge on any atom is -0.453 e. The van der Waals surface area contributed by atoms with Gasteiger partial charge in [-0.1, -0.05) is 153 Å². The Hall–Kier alpha value is -5.80. The third-order valence-electron chi connectivity index (χ3n) is 9.47. The molecule has 0 radical (unpaired) electrons. The van der Waals surface area contributed by atoms with Crippen molar-refractivity contribution in [2.75, 3.05) is 10.2 Å². The Morgan fingerprint density at radius 1 is 0.673 bits per heavy atom. The number of nitrogens with zero attached hydrogens (tertiary/aromatic N) is 1. The van der Waals surface area contributed by atoms with Crippen LogP contribution in [0.5, 0.6) is 11.5 Å². The maximum Gasteiger partial charge on any atom is 0.151 e. The minimum absolute atomic E-state index is 0.219. The van der Waals surface area contributed by atoms with E-state index >= 15 is 0 Å². The predicted molar refractivity (Wildman–Crippen MR) is 222 cm³/mol. The van der Waals surface area contributed by atoms with Crippen molar-refractivity contribution in [3.63, 3.8) is 0 Å². The van der Waals surface area contributed by atoms with Crippen LogP contribution in [0.3, 0.4) is 0 Å². The van der Waals surface area contributed by atoms with Gasteiger partial charge in [-0.2, -0.15) is 0 Å². The van der Waals surface area contributed by atoms with Crippen LogP contribution in [0.4, 0.5) is 17.1 Å². The molecular weight excluding hydrogens is 633 g/mol. The van der Waals surface area contributed by atoms with E-state index in [1.54, 1.807) is 0 Å². The smallest absolute Gasteiger partial charge is 0.151 e. The van der Waals surface area contributed by atoms with Gasteiger partial charge in [-0.25, -0.2) is 0 Å². The van der Waals surface area contributed by atoms with Crippen LogP contribution in [-0.4, -0.2) is 6.04 Å². The Labute approximate surface area is 311 Å². The van der Waals surface area contributed by atoms with Gasteiger partial charge < -0.3 is 15.0 Å². The monoisotopic (exact) mass is 682 g/mol. The van der Waals surface area contributed by atoms with E-state index in [0.717, 1.165) is 54.1 Å². The van der Waals surface area contributed by atoms with Crippen LogP contribution < -0.4 is 15.0 Å². The van der Waals surface area contributed by atoms with Gasteiger partial charge in [0, 0.05) is 11.4 Å². The minimum atomic E-state index is 0.219. The number of hydrogen-bond acceptors (Lipinski definition) is 3. The molecule has 5 aromatic rings. The Morgan fingerprint density at radius 3 is 1.98 bits per heavy atom. The summed E-state index contributed by atoms with van der Waals surface area (Å²) in [5.41, 5.74) is 14.0. The molecule has 52 heavy (non-hydrogen) atoms. The zero-order chi connectivity index (χ0) is 36.3. The topological polar surface area (TPSA) is 24.5 Å². The summed E-state index contributed by atoms with van der Waals surface area (Å²) < 4.78 is 6.17. The van der Waals surface area contributed by atoms with Crippen LogP contribution >= 0.6 is 0 Å². The van der Waals surface area contributed by atoms with Crippen LogP contribution in [0.2, 0.25) is 0 Å². The number of anilines is 3. The van der Waals surface area contributed by atoms with Crippen molar-refractivity contribution < 1.29 is 4.74 Å². The maximum atomic E-state index is 6.17. The summed E-state index contributed by atoms with van der Waals surface area (Å²) in [5, 5.41) is 3.46. The van der Waals surface area contributed by atoms with E-state index in [0.29, 0.717) is 0 Å². The van der Waals surface area contributed by atoms with E-state index in [-0.39, 0.29) is 6.04 Å². The van der Waals surface area contributed by atoms with Crippen LogP contribution in [0.1, 0.15) is 54.5 Å². The van der Waals surface area contributed by atoms with E-state index in [9.17, 15) is 0 Å². The Morgan fingerprint density at radius 2 is 1.33 bits per heavy atom. The number of fused-ring (bicyclic) bond motifs is 2. The third-order valence-corrected chi connectivity index (χ3v) is 9.47. The molecule has 1 unspecified atom stereocenters. The molecule has 3 nitrogen and oxygen atoms in total. The quantitative estimate of drug-likeness (QED) is 0.185. The van der Waals surface area contributed by atoms with Crippen molar-refractivity contribution in [1.29, 1.82) is 0 Å². The average molecular weight is 683 g/mol. The highest BCUT2D eigenvalue weighted by atomic mass is 16.5. The van der Waals surface area contributed by atoms with Crippen LogP contribution in [0, 0.1) is 13.8 Å². The van der Waals surface area contributed by atoms with E-state index < -0.39 is 0 Å². The van der Waals surface area contributed by atoms with Crippen molar-refractivity contribution in [2.24, 2.45) is 0 Å². The standard InChI is InChI=1S/C33H29NO.C14H15N.C2H6/c1-24-13-15-25(16-14-24)21-27-7-6-8-28(23-27)22-26-17-19-29(20-18-26)34-30-9-2-4-11-32(30)35-33-12-5-3-10-31(33)34;1-11-7-3-5-9-13(11)15-14-10-6-4-8-12(14)2;1-2/h2-17,19,23H,18,20-22H2,1H3;3-10,13,15H,1H2,2H3;1-2H3. The number of nitrogens with one attached hydrogen (secondary N) is 1. The zero-order valence-electron chi connectivity index (χ0n) is 31.0. The molecule has 1 N–H and O–H groups in total. The number of allylic oxidation sites excluding steroid dienone is 6. The molecule has 5 aromatic carbocycles. The SMILES string of the molecule is C=C1C=CC=CC1Nc1ccccc1C.CC.Cc1ccc(Cc2cccc(CC3=CC=C(N4c5ccccc5Oc5ccccc54)CC3)c2)cc1. The zero-order valence-corrected chi connectivity index (χ0v) is 31.0. The van der Waals surface area contributed by atoms with Gasteiger partial charge in [0.1, 0.15) is 0 Å². The highest BCUT2D eigenvalue weighted by Crippen LogP contribution is 2.49. The molecule has 0 bridgehead atoms. The molecule has 8 rings (SSSR count). The van der Waals surface area contributed by atoms with E-state index in [4.69, 9.17) is 4.74 Å². The summed E-state index contributed by atoms with van der Waals surface area (Å²) in [6.07, 6.45) is 16.9. The van der Waals surface area contributed by atoms with Gasteiger partial charge >= 0.3 is 0 Å². The molecule has 1 atom stereocenters. The van der Waals surface area contributed by atoms with E-state index in [1.807, 2.05) is 68.5 Å².